The molecule has 4 rings (SSSR count). The number of rotatable bonds is 5. The van der Waals surface area contributed by atoms with E-state index in [0.29, 0.717) is 23.1 Å². The Bertz CT molecular complexity index is 922. The Hall–Kier alpha value is -2.88. The van der Waals surface area contributed by atoms with Crippen LogP contribution in [0.25, 0.3) is 11.5 Å². The fourth-order valence-corrected chi connectivity index (χ4v) is 3.81. The monoisotopic (exact) mass is 375 g/mol. The van der Waals surface area contributed by atoms with E-state index in [0.717, 1.165) is 11.3 Å². The van der Waals surface area contributed by atoms with Crippen LogP contribution in [0.1, 0.15) is 65.4 Å². The Morgan fingerprint density at radius 3 is 2.46 bits per heavy atom. The van der Waals surface area contributed by atoms with Gasteiger partial charge in [0.1, 0.15) is 0 Å². The molecule has 1 aliphatic carbocycles. The van der Waals surface area contributed by atoms with E-state index in [1.807, 2.05) is 49.4 Å². The Morgan fingerprint density at radius 2 is 1.75 bits per heavy atom. The lowest BCUT2D eigenvalue weighted by molar-refractivity contribution is 0.0445. The van der Waals surface area contributed by atoms with Gasteiger partial charge in [-0.25, -0.2) is 9.78 Å². The zero-order valence-corrected chi connectivity index (χ0v) is 16.2. The van der Waals surface area contributed by atoms with Gasteiger partial charge in [0.25, 0.3) is 0 Å². The lowest BCUT2D eigenvalue weighted by atomic mass is 9.84. The largest absolute Gasteiger partial charge is 0.454 e. The van der Waals surface area contributed by atoms with Crippen LogP contribution < -0.4 is 0 Å². The van der Waals surface area contributed by atoms with Crippen LogP contribution in [-0.2, 0) is 11.3 Å². The average Bonchev–Trinajstić information content (AvgIpc) is 3.14. The summed E-state index contributed by atoms with van der Waals surface area (Å²) in [4.78, 5) is 16.8. The molecule has 0 saturated heterocycles. The Kier molecular flexibility index (Phi) is 5.56. The van der Waals surface area contributed by atoms with Gasteiger partial charge in [0.2, 0.25) is 5.89 Å². The van der Waals surface area contributed by atoms with Crippen LogP contribution in [0, 0.1) is 6.92 Å². The van der Waals surface area contributed by atoms with E-state index in [4.69, 9.17) is 9.15 Å². The number of benzene rings is 2. The molecule has 0 aliphatic heterocycles. The van der Waals surface area contributed by atoms with E-state index in [1.54, 1.807) is 0 Å². The Labute approximate surface area is 165 Å². The van der Waals surface area contributed by atoms with Crippen molar-refractivity contribution < 1.29 is 13.9 Å². The molecule has 0 unspecified atom stereocenters. The van der Waals surface area contributed by atoms with Crippen molar-refractivity contribution in [1.29, 1.82) is 0 Å². The molecule has 2 aromatic carbocycles. The van der Waals surface area contributed by atoms with E-state index in [2.05, 4.69) is 17.1 Å². The van der Waals surface area contributed by atoms with Gasteiger partial charge >= 0.3 is 5.97 Å². The van der Waals surface area contributed by atoms with Crippen molar-refractivity contribution in [2.45, 2.75) is 51.6 Å². The standard InChI is InChI=1S/C24H25NO3/c1-17-22(28-23(25-17)20-10-6-3-7-11-20)16-27-24(26)21-14-12-19(13-15-21)18-8-4-2-5-9-18/h3,6-7,10-15,18H,2,4-5,8-9,16H2,1H3. The first-order valence-electron chi connectivity index (χ1n) is 9.99. The molecule has 0 atom stereocenters. The highest BCUT2D eigenvalue weighted by molar-refractivity contribution is 5.89. The number of esters is 1. The number of aromatic nitrogens is 1. The SMILES string of the molecule is Cc1nc(-c2ccccc2)oc1COC(=O)c1ccc(C2CCCCC2)cc1. The number of aryl methyl sites for hydroxylation is 1. The molecule has 4 nitrogen and oxygen atoms in total. The zero-order valence-electron chi connectivity index (χ0n) is 16.2. The molecular formula is C24H25NO3. The van der Waals surface area contributed by atoms with Gasteiger partial charge in [-0.1, -0.05) is 49.6 Å². The van der Waals surface area contributed by atoms with Gasteiger partial charge in [-0.2, -0.15) is 0 Å². The third kappa shape index (κ3) is 4.16. The van der Waals surface area contributed by atoms with E-state index in [9.17, 15) is 4.79 Å². The van der Waals surface area contributed by atoms with E-state index in [-0.39, 0.29) is 12.6 Å². The molecule has 0 N–H and O–H groups in total. The Balaban J connectivity index is 1.38. The summed E-state index contributed by atoms with van der Waals surface area (Å²) in [5, 5.41) is 0. The lowest BCUT2D eigenvalue weighted by Gasteiger charge is -2.21. The maximum atomic E-state index is 12.4. The van der Waals surface area contributed by atoms with Crippen molar-refractivity contribution in [2.24, 2.45) is 0 Å². The van der Waals surface area contributed by atoms with E-state index < -0.39 is 0 Å². The first-order valence-corrected chi connectivity index (χ1v) is 9.99. The quantitative estimate of drug-likeness (QED) is 0.509. The molecule has 0 bridgehead atoms. The van der Waals surface area contributed by atoms with Crippen molar-refractivity contribution in [3.8, 4) is 11.5 Å². The minimum Gasteiger partial charge on any atom is -0.454 e. The van der Waals surface area contributed by atoms with Gasteiger partial charge in [0.05, 0.1) is 11.3 Å². The molecule has 1 saturated carbocycles. The van der Waals surface area contributed by atoms with Crippen LogP contribution in [-0.4, -0.2) is 11.0 Å². The van der Waals surface area contributed by atoms with Crippen molar-refractivity contribution in [3.05, 3.63) is 77.2 Å². The third-order valence-electron chi connectivity index (χ3n) is 5.47. The summed E-state index contributed by atoms with van der Waals surface area (Å²) < 4.78 is 11.3. The van der Waals surface area contributed by atoms with E-state index >= 15 is 0 Å². The van der Waals surface area contributed by atoms with Crippen LogP contribution in [0.2, 0.25) is 0 Å². The smallest absolute Gasteiger partial charge is 0.338 e. The predicted molar refractivity (Wildman–Crippen MR) is 108 cm³/mol. The van der Waals surface area contributed by atoms with Crippen molar-refractivity contribution in [1.82, 2.24) is 4.98 Å². The number of oxazole rings is 1. The topological polar surface area (TPSA) is 52.3 Å². The molecule has 1 aliphatic rings. The highest BCUT2D eigenvalue weighted by atomic mass is 16.5. The lowest BCUT2D eigenvalue weighted by Crippen LogP contribution is -2.07. The second kappa shape index (κ2) is 8.42. The zero-order chi connectivity index (χ0) is 19.3. The predicted octanol–water partition coefficient (Wildman–Crippen LogP) is 6.05. The first-order chi connectivity index (χ1) is 13.7. The van der Waals surface area contributed by atoms with Crippen LogP contribution in [0.3, 0.4) is 0 Å². The minimum absolute atomic E-state index is 0.0783. The molecule has 0 spiro atoms. The van der Waals surface area contributed by atoms with Crippen LogP contribution >= 0.6 is 0 Å². The van der Waals surface area contributed by atoms with Crippen LogP contribution in [0.5, 0.6) is 0 Å². The van der Waals surface area contributed by atoms with Gasteiger partial charge < -0.3 is 9.15 Å². The molecule has 1 aromatic heterocycles. The second-order valence-corrected chi connectivity index (χ2v) is 7.43. The Morgan fingerprint density at radius 1 is 1.04 bits per heavy atom. The molecule has 0 amide bonds. The molecule has 0 radical (unpaired) electrons. The summed E-state index contributed by atoms with van der Waals surface area (Å²) in [6.45, 7) is 1.94. The molecular weight excluding hydrogens is 350 g/mol. The summed E-state index contributed by atoms with van der Waals surface area (Å²) >= 11 is 0. The number of ether oxygens (including phenoxy) is 1. The number of hydrogen-bond acceptors (Lipinski definition) is 4. The fourth-order valence-electron chi connectivity index (χ4n) is 3.81. The van der Waals surface area contributed by atoms with Gasteiger partial charge in [0, 0.05) is 5.56 Å². The fraction of sp³-hybridized carbons (Fsp3) is 0.333. The van der Waals surface area contributed by atoms with Crippen LogP contribution in [0.4, 0.5) is 0 Å². The maximum absolute atomic E-state index is 12.4. The van der Waals surface area contributed by atoms with Gasteiger partial charge in [0.15, 0.2) is 12.4 Å². The van der Waals surface area contributed by atoms with Crippen molar-refractivity contribution in [2.75, 3.05) is 0 Å². The molecule has 3 aromatic rings. The second-order valence-electron chi connectivity index (χ2n) is 7.43. The minimum atomic E-state index is -0.341. The van der Waals surface area contributed by atoms with Gasteiger partial charge in [-0.05, 0) is 55.5 Å². The van der Waals surface area contributed by atoms with Crippen LogP contribution in [0.15, 0.2) is 59.0 Å². The molecule has 1 fully saturated rings. The van der Waals surface area contributed by atoms with E-state index in [1.165, 1.54) is 37.7 Å². The normalized spacial score (nSPS) is 14.8. The number of carbonyl (C=O) groups excluding carboxylic acids is 1. The summed E-state index contributed by atoms with van der Waals surface area (Å²) in [5.41, 5.74) is 3.54. The van der Waals surface area contributed by atoms with Crippen molar-refractivity contribution >= 4 is 5.97 Å². The van der Waals surface area contributed by atoms with Gasteiger partial charge in [-0.15, -0.1) is 0 Å². The summed E-state index contributed by atoms with van der Waals surface area (Å²) in [7, 11) is 0. The number of carbonyl (C=O) groups is 1. The van der Waals surface area contributed by atoms with Gasteiger partial charge in [-0.3, -0.25) is 0 Å². The highest BCUT2D eigenvalue weighted by Gasteiger charge is 2.17. The summed E-state index contributed by atoms with van der Waals surface area (Å²) in [6, 6.07) is 17.6. The number of nitrogens with zero attached hydrogens (tertiary/aromatic N) is 1. The molecule has 144 valence electrons. The van der Waals surface area contributed by atoms with Crippen molar-refractivity contribution in [3.63, 3.8) is 0 Å². The third-order valence-corrected chi connectivity index (χ3v) is 5.47. The maximum Gasteiger partial charge on any atom is 0.338 e. The average molecular weight is 375 g/mol. The highest BCUT2D eigenvalue weighted by Crippen LogP contribution is 2.32. The number of hydrogen-bond donors (Lipinski definition) is 0. The molecule has 4 heteroatoms. The molecule has 1 heterocycles. The summed E-state index contributed by atoms with van der Waals surface area (Å²) in [6.07, 6.45) is 6.44. The summed E-state index contributed by atoms with van der Waals surface area (Å²) in [5.74, 6) is 1.41. The molecule has 28 heavy (non-hydrogen) atoms. The first kappa shape index (κ1) is 18.5.